The van der Waals surface area contributed by atoms with Crippen LogP contribution in [0.3, 0.4) is 0 Å². The number of hydrogen-bond donors (Lipinski definition) is 0. The molecule has 0 unspecified atom stereocenters. The molecular formula is C31H21Cl. The summed E-state index contributed by atoms with van der Waals surface area (Å²) in [6.45, 7) is 0. The number of halogens is 1. The molecule has 0 aliphatic heterocycles. The molecule has 32 heavy (non-hydrogen) atoms. The molecule has 0 saturated heterocycles. The Hall–Kier alpha value is -3.61. The fourth-order valence-corrected chi connectivity index (χ4v) is 5.18. The van der Waals surface area contributed by atoms with Crippen LogP contribution in [0.15, 0.2) is 115 Å². The van der Waals surface area contributed by atoms with E-state index in [1.54, 1.807) is 0 Å². The smallest absolute Gasteiger partial charge is 0.0412 e. The van der Waals surface area contributed by atoms with Gasteiger partial charge in [0.25, 0.3) is 0 Å². The van der Waals surface area contributed by atoms with Crippen LogP contribution in [-0.2, 0) is 6.42 Å². The van der Waals surface area contributed by atoms with Crippen LogP contribution in [0.5, 0.6) is 0 Å². The van der Waals surface area contributed by atoms with Gasteiger partial charge in [-0.25, -0.2) is 0 Å². The summed E-state index contributed by atoms with van der Waals surface area (Å²) in [6, 6.07) is 40.9. The summed E-state index contributed by atoms with van der Waals surface area (Å²) in [5, 5.41) is 0.760. The zero-order chi connectivity index (χ0) is 21.5. The molecule has 0 fully saturated rings. The van der Waals surface area contributed by atoms with Crippen molar-refractivity contribution in [3.05, 3.63) is 131 Å². The first-order valence-corrected chi connectivity index (χ1v) is 11.3. The lowest BCUT2D eigenvalue weighted by molar-refractivity contribution is 1.26. The van der Waals surface area contributed by atoms with E-state index >= 15 is 0 Å². The molecule has 1 aliphatic carbocycles. The van der Waals surface area contributed by atoms with Gasteiger partial charge in [0.15, 0.2) is 0 Å². The molecule has 0 bridgehead atoms. The highest BCUT2D eigenvalue weighted by Crippen LogP contribution is 2.50. The van der Waals surface area contributed by atoms with E-state index in [1.165, 1.54) is 50.1 Å². The molecule has 0 spiro atoms. The first kappa shape index (κ1) is 19.1. The summed E-state index contributed by atoms with van der Waals surface area (Å²) in [4.78, 5) is 0. The Morgan fingerprint density at radius 2 is 1.12 bits per heavy atom. The van der Waals surface area contributed by atoms with Crippen LogP contribution in [0.25, 0.3) is 44.5 Å². The summed E-state index contributed by atoms with van der Waals surface area (Å²) >= 11 is 6.49. The maximum atomic E-state index is 6.49. The van der Waals surface area contributed by atoms with Gasteiger partial charge in [-0.05, 0) is 80.3 Å². The van der Waals surface area contributed by atoms with Gasteiger partial charge in [0.2, 0.25) is 0 Å². The molecule has 0 amide bonds. The second kappa shape index (κ2) is 7.82. The van der Waals surface area contributed by atoms with E-state index in [0.29, 0.717) is 0 Å². The lowest BCUT2D eigenvalue weighted by Crippen LogP contribution is -1.97. The van der Waals surface area contributed by atoms with Crippen LogP contribution >= 0.6 is 11.6 Å². The number of hydrogen-bond acceptors (Lipinski definition) is 0. The van der Waals surface area contributed by atoms with Crippen molar-refractivity contribution >= 4 is 11.6 Å². The third-order valence-electron chi connectivity index (χ3n) is 6.37. The summed E-state index contributed by atoms with van der Waals surface area (Å²) in [5.74, 6) is 0. The van der Waals surface area contributed by atoms with E-state index in [0.717, 1.165) is 17.0 Å². The first-order chi connectivity index (χ1) is 15.8. The van der Waals surface area contributed by atoms with Crippen LogP contribution in [-0.4, -0.2) is 0 Å². The van der Waals surface area contributed by atoms with Crippen LogP contribution < -0.4 is 0 Å². The molecule has 0 N–H and O–H groups in total. The van der Waals surface area contributed by atoms with E-state index < -0.39 is 0 Å². The monoisotopic (exact) mass is 428 g/mol. The lowest BCUT2D eigenvalue weighted by Gasteiger charge is -2.21. The maximum absolute atomic E-state index is 6.49. The predicted octanol–water partition coefficient (Wildman–Crippen LogP) is 8.91. The number of rotatable bonds is 3. The Morgan fingerprint density at radius 1 is 0.469 bits per heavy atom. The van der Waals surface area contributed by atoms with Crippen molar-refractivity contribution in [1.29, 1.82) is 0 Å². The molecule has 1 heteroatoms. The molecule has 0 heterocycles. The standard InChI is InChI=1S/C31H21Cl/c32-25-16-9-15-24(18-25)31-29-19-23-14-7-8-17-26(23)28(29)20-27(21-10-3-1-4-11-21)30(31)22-12-5-2-6-13-22/h1-18,20H,19H2. The summed E-state index contributed by atoms with van der Waals surface area (Å²) in [6.07, 6.45) is 0.933. The molecule has 0 saturated carbocycles. The Bertz CT molecular complexity index is 1430. The second-order valence-corrected chi connectivity index (χ2v) is 8.71. The van der Waals surface area contributed by atoms with E-state index in [2.05, 4.69) is 109 Å². The van der Waals surface area contributed by atoms with Crippen molar-refractivity contribution in [2.45, 2.75) is 6.42 Å². The Kier molecular flexibility index (Phi) is 4.67. The minimum atomic E-state index is 0.760. The molecule has 5 aromatic carbocycles. The van der Waals surface area contributed by atoms with Gasteiger partial charge in [0.1, 0.15) is 0 Å². The van der Waals surface area contributed by atoms with Crippen LogP contribution in [0.1, 0.15) is 11.1 Å². The van der Waals surface area contributed by atoms with E-state index in [9.17, 15) is 0 Å². The largest absolute Gasteiger partial charge is 0.0843 e. The third-order valence-corrected chi connectivity index (χ3v) is 6.61. The van der Waals surface area contributed by atoms with Crippen LogP contribution in [0.4, 0.5) is 0 Å². The molecule has 0 nitrogen and oxygen atoms in total. The van der Waals surface area contributed by atoms with E-state index in [-0.39, 0.29) is 0 Å². The summed E-state index contributed by atoms with van der Waals surface area (Å²) < 4.78 is 0. The van der Waals surface area contributed by atoms with Gasteiger partial charge < -0.3 is 0 Å². The fraction of sp³-hybridized carbons (Fsp3) is 0.0323. The molecule has 1 aliphatic rings. The van der Waals surface area contributed by atoms with Crippen molar-refractivity contribution < 1.29 is 0 Å². The SMILES string of the molecule is Clc1cccc(-c2c3c(cc(-c4ccccc4)c2-c2ccccc2)-c2ccccc2C3)c1. The number of fused-ring (bicyclic) bond motifs is 3. The van der Waals surface area contributed by atoms with Crippen LogP contribution in [0, 0.1) is 0 Å². The van der Waals surface area contributed by atoms with Crippen molar-refractivity contribution in [1.82, 2.24) is 0 Å². The molecule has 6 rings (SSSR count). The van der Waals surface area contributed by atoms with Gasteiger partial charge >= 0.3 is 0 Å². The van der Waals surface area contributed by atoms with Gasteiger partial charge in [-0.3, -0.25) is 0 Å². The second-order valence-electron chi connectivity index (χ2n) is 8.28. The third kappa shape index (κ3) is 3.16. The summed E-state index contributed by atoms with van der Waals surface area (Å²) in [7, 11) is 0. The highest BCUT2D eigenvalue weighted by atomic mass is 35.5. The van der Waals surface area contributed by atoms with Crippen molar-refractivity contribution in [3.63, 3.8) is 0 Å². The van der Waals surface area contributed by atoms with Gasteiger partial charge in [-0.15, -0.1) is 0 Å². The topological polar surface area (TPSA) is 0 Å². The van der Waals surface area contributed by atoms with Crippen molar-refractivity contribution in [2.24, 2.45) is 0 Å². The normalized spacial score (nSPS) is 11.8. The quantitative estimate of drug-likeness (QED) is 0.264. The van der Waals surface area contributed by atoms with Gasteiger partial charge in [0, 0.05) is 5.02 Å². The van der Waals surface area contributed by atoms with Gasteiger partial charge in [-0.1, -0.05) is 109 Å². The Balaban J connectivity index is 1.77. The maximum Gasteiger partial charge on any atom is 0.0412 e. The van der Waals surface area contributed by atoms with E-state index in [4.69, 9.17) is 11.6 Å². The zero-order valence-corrected chi connectivity index (χ0v) is 18.3. The Labute approximate surface area is 193 Å². The highest BCUT2D eigenvalue weighted by Gasteiger charge is 2.27. The minimum Gasteiger partial charge on any atom is -0.0843 e. The minimum absolute atomic E-state index is 0.760. The summed E-state index contributed by atoms with van der Waals surface area (Å²) in [5.41, 5.74) is 12.8. The van der Waals surface area contributed by atoms with Crippen molar-refractivity contribution in [3.8, 4) is 44.5 Å². The molecule has 152 valence electrons. The Morgan fingerprint density at radius 3 is 1.88 bits per heavy atom. The first-order valence-electron chi connectivity index (χ1n) is 10.9. The van der Waals surface area contributed by atoms with Gasteiger partial charge in [0.05, 0.1) is 0 Å². The average molecular weight is 429 g/mol. The predicted molar refractivity (Wildman–Crippen MR) is 136 cm³/mol. The number of benzene rings is 5. The molecular weight excluding hydrogens is 408 g/mol. The molecule has 0 radical (unpaired) electrons. The van der Waals surface area contributed by atoms with Gasteiger partial charge in [-0.2, -0.15) is 0 Å². The molecule has 5 aromatic rings. The fourth-order valence-electron chi connectivity index (χ4n) is 4.99. The molecule has 0 atom stereocenters. The lowest BCUT2D eigenvalue weighted by atomic mass is 9.82. The highest BCUT2D eigenvalue weighted by molar-refractivity contribution is 6.31. The average Bonchev–Trinajstić information content (AvgIpc) is 3.22. The zero-order valence-electron chi connectivity index (χ0n) is 17.6. The van der Waals surface area contributed by atoms with Crippen molar-refractivity contribution in [2.75, 3.05) is 0 Å². The molecule has 0 aromatic heterocycles. The van der Waals surface area contributed by atoms with E-state index in [1.807, 2.05) is 6.07 Å². The van der Waals surface area contributed by atoms with Crippen LogP contribution in [0.2, 0.25) is 5.02 Å².